The highest BCUT2D eigenvalue weighted by Gasteiger charge is 2.18. The Labute approximate surface area is 165 Å². The molecule has 0 saturated heterocycles. The van der Waals surface area contributed by atoms with E-state index in [1.807, 2.05) is 0 Å². The fourth-order valence-corrected chi connectivity index (χ4v) is 3.08. The summed E-state index contributed by atoms with van der Waals surface area (Å²) in [6.07, 6.45) is 1.43. The summed E-state index contributed by atoms with van der Waals surface area (Å²) >= 11 is 18.5. The van der Waals surface area contributed by atoms with E-state index < -0.39 is 5.56 Å². The van der Waals surface area contributed by atoms with Crippen molar-refractivity contribution in [2.24, 2.45) is 0 Å². The van der Waals surface area contributed by atoms with Crippen LogP contribution in [0.2, 0.25) is 15.2 Å². The number of aromatic nitrogens is 2. The highest BCUT2D eigenvalue weighted by Crippen LogP contribution is 2.36. The van der Waals surface area contributed by atoms with Gasteiger partial charge in [-0.3, -0.25) is 4.79 Å². The number of rotatable bonds is 8. The summed E-state index contributed by atoms with van der Waals surface area (Å²) in [4.78, 5) is 16.9. The number of nitrogens with zero attached hydrogens (tertiary/aromatic N) is 2. The summed E-state index contributed by atoms with van der Waals surface area (Å²) in [5.41, 5.74) is -0.0981. The summed E-state index contributed by atoms with van der Waals surface area (Å²) in [7, 11) is 4.57. The van der Waals surface area contributed by atoms with Gasteiger partial charge in [-0.1, -0.05) is 34.8 Å². The summed E-state index contributed by atoms with van der Waals surface area (Å²) in [6.45, 7) is 0.523. The van der Waals surface area contributed by atoms with Crippen LogP contribution in [0.25, 0.3) is 0 Å². The largest absolute Gasteiger partial charge is 0.497 e. The van der Waals surface area contributed by atoms with E-state index >= 15 is 0 Å². The SMILES string of the molecule is COCC(COC)n1cc(Cl)nc(Nc2c(Cl)cc(O[11CH3])cc2Cl)c1=O. The molecule has 0 spiro atoms. The number of hydrogen-bond acceptors (Lipinski definition) is 6. The predicted molar refractivity (Wildman–Crippen MR) is 103 cm³/mol. The van der Waals surface area contributed by atoms with Crippen LogP contribution in [0.15, 0.2) is 23.1 Å². The number of ether oxygens (including phenoxy) is 3. The van der Waals surface area contributed by atoms with Gasteiger partial charge in [-0.15, -0.1) is 0 Å². The van der Waals surface area contributed by atoms with Gasteiger partial charge in [0.15, 0.2) is 5.82 Å². The van der Waals surface area contributed by atoms with Gasteiger partial charge in [0.1, 0.15) is 10.9 Å². The van der Waals surface area contributed by atoms with Crippen molar-refractivity contribution in [2.75, 3.05) is 39.9 Å². The number of benzene rings is 1. The van der Waals surface area contributed by atoms with E-state index in [0.717, 1.165) is 0 Å². The molecule has 1 aromatic carbocycles. The Morgan fingerprint density at radius 1 is 1.12 bits per heavy atom. The van der Waals surface area contributed by atoms with Crippen LogP contribution in [0, 0.1) is 0 Å². The topological polar surface area (TPSA) is 74.6 Å². The minimum atomic E-state index is -0.420. The van der Waals surface area contributed by atoms with Crippen LogP contribution in [0.1, 0.15) is 6.04 Å². The molecule has 0 fully saturated rings. The van der Waals surface area contributed by atoms with Crippen molar-refractivity contribution in [3.05, 3.63) is 43.9 Å². The van der Waals surface area contributed by atoms with Gasteiger partial charge in [0.25, 0.3) is 5.56 Å². The van der Waals surface area contributed by atoms with Crippen molar-refractivity contribution in [1.29, 1.82) is 0 Å². The molecule has 0 amide bonds. The van der Waals surface area contributed by atoms with E-state index in [0.29, 0.717) is 11.4 Å². The second-order valence-corrected chi connectivity index (χ2v) is 6.48. The fraction of sp³-hybridized carbons (Fsp3) is 0.375. The Kier molecular flexibility index (Phi) is 7.55. The molecule has 2 rings (SSSR count). The molecule has 0 bridgehead atoms. The number of anilines is 2. The van der Waals surface area contributed by atoms with Crippen molar-refractivity contribution in [1.82, 2.24) is 9.55 Å². The van der Waals surface area contributed by atoms with E-state index in [1.54, 1.807) is 12.1 Å². The first kappa shape index (κ1) is 20.8. The third kappa shape index (κ3) is 4.81. The standard InChI is InChI=1S/C16H18Cl3N3O4/c1-24-7-9(8-25-2)22-6-13(19)20-15(16(22)23)21-14-11(17)4-10(26-3)5-12(14)18/h4-6,9H,7-8H2,1-3H3,(H,20,21)/i3-1. The minimum absolute atomic E-state index is 0.0244. The van der Waals surface area contributed by atoms with Crippen LogP contribution in [0.4, 0.5) is 11.5 Å². The molecule has 0 atom stereocenters. The Morgan fingerprint density at radius 3 is 2.19 bits per heavy atom. The third-order valence-corrected chi connectivity index (χ3v) is 4.29. The Morgan fingerprint density at radius 2 is 1.69 bits per heavy atom. The maximum atomic E-state index is 12.8. The van der Waals surface area contributed by atoms with Crippen molar-refractivity contribution < 1.29 is 14.2 Å². The quantitative estimate of drug-likeness (QED) is 0.699. The highest BCUT2D eigenvalue weighted by molar-refractivity contribution is 6.39. The van der Waals surface area contributed by atoms with Crippen LogP contribution >= 0.6 is 34.8 Å². The lowest BCUT2D eigenvalue weighted by molar-refractivity contribution is 0.0879. The molecule has 0 saturated carbocycles. The molecule has 1 N–H and O–H groups in total. The highest BCUT2D eigenvalue weighted by atomic mass is 35.5. The normalized spacial score (nSPS) is 11.0. The number of halogens is 3. The van der Waals surface area contributed by atoms with Gasteiger partial charge >= 0.3 is 0 Å². The molecular weight excluding hydrogens is 404 g/mol. The molecule has 0 aliphatic heterocycles. The molecule has 142 valence electrons. The van der Waals surface area contributed by atoms with Crippen molar-refractivity contribution >= 4 is 46.3 Å². The zero-order valence-corrected chi connectivity index (χ0v) is 16.7. The van der Waals surface area contributed by atoms with Crippen LogP contribution in [0.5, 0.6) is 5.75 Å². The van der Waals surface area contributed by atoms with Crippen LogP contribution < -0.4 is 15.6 Å². The summed E-state index contributed by atoms with van der Waals surface area (Å²) in [5, 5.41) is 3.51. The van der Waals surface area contributed by atoms with Gasteiger partial charge in [0.2, 0.25) is 0 Å². The number of methoxy groups -OCH3 is 3. The lowest BCUT2D eigenvalue weighted by Crippen LogP contribution is -2.32. The predicted octanol–water partition coefficient (Wildman–Crippen LogP) is 3.79. The summed E-state index contributed by atoms with van der Waals surface area (Å²) in [6, 6.07) is 2.76. The molecule has 1 aromatic heterocycles. The van der Waals surface area contributed by atoms with Gasteiger partial charge in [-0.05, 0) is 0 Å². The van der Waals surface area contributed by atoms with Gasteiger partial charge in [-0.2, -0.15) is 0 Å². The molecule has 26 heavy (non-hydrogen) atoms. The molecule has 0 aliphatic carbocycles. The van der Waals surface area contributed by atoms with Crippen LogP contribution in [0.3, 0.4) is 0 Å². The van der Waals surface area contributed by atoms with Gasteiger partial charge in [0, 0.05) is 32.5 Å². The molecule has 10 heteroatoms. The first-order valence-corrected chi connectivity index (χ1v) is 8.61. The average Bonchev–Trinajstić information content (AvgIpc) is 2.60. The molecular formula is C16H18Cl3N3O4. The minimum Gasteiger partial charge on any atom is -0.497 e. The second-order valence-electron chi connectivity index (χ2n) is 5.28. The van der Waals surface area contributed by atoms with Crippen molar-refractivity contribution in [3.8, 4) is 5.75 Å². The first-order chi connectivity index (χ1) is 12.4. The Balaban J connectivity index is 2.47. The van der Waals surface area contributed by atoms with E-state index in [1.165, 1.54) is 32.1 Å². The van der Waals surface area contributed by atoms with Gasteiger partial charge in [0.05, 0.1) is 42.1 Å². The maximum absolute atomic E-state index is 12.8. The smallest absolute Gasteiger partial charge is 0.294 e. The van der Waals surface area contributed by atoms with Gasteiger partial charge < -0.3 is 24.1 Å². The summed E-state index contributed by atoms with van der Waals surface area (Å²) in [5.74, 6) is 0.464. The Hall–Kier alpha value is -1.51. The van der Waals surface area contributed by atoms with E-state index in [9.17, 15) is 4.79 Å². The zero-order valence-electron chi connectivity index (χ0n) is 14.4. The second kappa shape index (κ2) is 9.43. The third-order valence-electron chi connectivity index (χ3n) is 3.51. The van der Waals surface area contributed by atoms with E-state index in [4.69, 9.17) is 49.0 Å². The maximum Gasteiger partial charge on any atom is 0.294 e. The fourth-order valence-electron chi connectivity index (χ4n) is 2.33. The summed E-state index contributed by atoms with van der Waals surface area (Å²) < 4.78 is 16.8. The van der Waals surface area contributed by atoms with Crippen LogP contribution in [-0.2, 0) is 9.47 Å². The van der Waals surface area contributed by atoms with Crippen molar-refractivity contribution in [2.45, 2.75) is 6.04 Å². The Bertz CT molecular complexity index is 800. The van der Waals surface area contributed by atoms with Crippen molar-refractivity contribution in [3.63, 3.8) is 0 Å². The van der Waals surface area contributed by atoms with E-state index in [-0.39, 0.29) is 40.3 Å². The molecule has 0 aliphatic rings. The number of hydrogen-bond donors (Lipinski definition) is 1. The molecule has 0 unspecified atom stereocenters. The number of nitrogens with one attached hydrogen (secondary N) is 1. The van der Waals surface area contributed by atoms with Gasteiger partial charge in [-0.25, -0.2) is 4.98 Å². The molecule has 0 radical (unpaired) electrons. The zero-order chi connectivity index (χ0) is 19.3. The molecule has 2 aromatic rings. The average molecular weight is 422 g/mol. The molecule has 7 nitrogen and oxygen atoms in total. The lowest BCUT2D eigenvalue weighted by atomic mass is 10.3. The van der Waals surface area contributed by atoms with Crippen LogP contribution in [-0.4, -0.2) is 44.1 Å². The molecule has 1 heterocycles. The first-order valence-electron chi connectivity index (χ1n) is 7.47. The van der Waals surface area contributed by atoms with E-state index in [2.05, 4.69) is 10.3 Å². The lowest BCUT2D eigenvalue weighted by Gasteiger charge is -2.19. The monoisotopic (exact) mass is 420 g/mol.